The average molecular weight is 371 g/mol. The fourth-order valence-corrected chi connectivity index (χ4v) is 3.91. The summed E-state index contributed by atoms with van der Waals surface area (Å²) >= 11 is 0. The zero-order valence-electron chi connectivity index (χ0n) is 14.0. The van der Waals surface area contributed by atoms with E-state index in [2.05, 4.69) is 4.72 Å². The lowest BCUT2D eigenvalue weighted by Gasteiger charge is -2.13. The number of hydrogen-bond acceptors (Lipinski definition) is 5. The zero-order valence-corrected chi connectivity index (χ0v) is 14.8. The van der Waals surface area contributed by atoms with Gasteiger partial charge in [0, 0.05) is 5.92 Å². The van der Waals surface area contributed by atoms with Gasteiger partial charge < -0.3 is 14.4 Å². The number of carbonyl (C=O) groups is 1. The van der Waals surface area contributed by atoms with Crippen LogP contribution in [0.15, 0.2) is 48.5 Å². The minimum atomic E-state index is -1.55. The molecule has 2 aromatic rings. The number of amides is 1. The summed E-state index contributed by atoms with van der Waals surface area (Å²) in [4.78, 5) is 11.7. The molecule has 2 unspecified atom stereocenters. The van der Waals surface area contributed by atoms with Crippen molar-refractivity contribution in [2.24, 2.45) is 5.92 Å². The number of fused-ring (bicyclic) bond motifs is 1. The van der Waals surface area contributed by atoms with E-state index in [1.807, 2.05) is 30.3 Å². The summed E-state index contributed by atoms with van der Waals surface area (Å²) in [5, 5.41) is 10.2. The lowest BCUT2D eigenvalue weighted by molar-refractivity contribution is -0.120. The third-order valence-corrected chi connectivity index (χ3v) is 5.44. The Balaban J connectivity index is 1.45. The summed E-state index contributed by atoms with van der Waals surface area (Å²) in [6.45, 7) is 0. The van der Waals surface area contributed by atoms with Crippen molar-refractivity contribution in [2.75, 3.05) is 5.75 Å². The summed E-state index contributed by atoms with van der Waals surface area (Å²) in [7, 11) is -2.65. The molecule has 26 heavy (non-hydrogen) atoms. The van der Waals surface area contributed by atoms with Crippen LogP contribution in [0.4, 0.5) is 0 Å². The SMILES string of the molecule is O=C(NS(=O)CC1OB(O)c2cc(Oc3ccccc3)ccc21)C1CC1. The standard InChI is InChI=1S/C18H18BNO5S/c21-18(12-6-7-12)20-26(23)11-17-15-9-8-14(10-16(15)19(22)25-17)24-13-4-2-1-3-5-13/h1-5,8-10,12,17,22H,6-7,11H2,(H,20,21). The maximum Gasteiger partial charge on any atom is 0.492 e. The summed E-state index contributed by atoms with van der Waals surface area (Å²) in [5.41, 5.74) is 1.35. The van der Waals surface area contributed by atoms with Crippen LogP contribution in [0.3, 0.4) is 0 Å². The van der Waals surface area contributed by atoms with Gasteiger partial charge in [-0.3, -0.25) is 9.52 Å². The Morgan fingerprint density at radius 3 is 2.73 bits per heavy atom. The molecule has 1 heterocycles. The van der Waals surface area contributed by atoms with Crippen molar-refractivity contribution in [3.8, 4) is 11.5 Å². The van der Waals surface area contributed by atoms with Crippen molar-refractivity contribution in [1.29, 1.82) is 0 Å². The second kappa shape index (κ2) is 7.22. The number of rotatable bonds is 6. The minimum absolute atomic E-state index is 0.000911. The maximum atomic E-state index is 12.2. The predicted octanol–water partition coefficient (Wildman–Crippen LogP) is 1.43. The highest BCUT2D eigenvalue weighted by atomic mass is 32.2. The van der Waals surface area contributed by atoms with E-state index >= 15 is 0 Å². The van der Waals surface area contributed by atoms with Crippen LogP contribution < -0.4 is 14.9 Å². The lowest BCUT2D eigenvalue weighted by atomic mass is 9.79. The van der Waals surface area contributed by atoms with Gasteiger partial charge in [0.25, 0.3) is 0 Å². The number of benzene rings is 2. The smallest absolute Gasteiger partial charge is 0.457 e. The topological polar surface area (TPSA) is 84.9 Å². The first-order valence-electron chi connectivity index (χ1n) is 8.49. The van der Waals surface area contributed by atoms with Crippen LogP contribution in [0, 0.1) is 5.92 Å². The molecule has 0 spiro atoms. The van der Waals surface area contributed by atoms with Crippen molar-refractivity contribution >= 4 is 29.5 Å². The van der Waals surface area contributed by atoms with Crippen molar-refractivity contribution in [3.63, 3.8) is 0 Å². The second-order valence-electron chi connectivity index (χ2n) is 6.44. The van der Waals surface area contributed by atoms with Crippen molar-refractivity contribution in [3.05, 3.63) is 54.1 Å². The lowest BCUT2D eigenvalue weighted by Crippen LogP contribution is -2.31. The summed E-state index contributed by atoms with van der Waals surface area (Å²) in [5.74, 6) is 1.21. The molecule has 1 saturated carbocycles. The molecule has 6 nitrogen and oxygen atoms in total. The van der Waals surface area contributed by atoms with E-state index in [-0.39, 0.29) is 17.6 Å². The molecule has 2 aliphatic rings. The van der Waals surface area contributed by atoms with Gasteiger partial charge in [0.15, 0.2) is 0 Å². The molecule has 0 saturated heterocycles. The van der Waals surface area contributed by atoms with Gasteiger partial charge in [-0.15, -0.1) is 0 Å². The molecule has 4 rings (SSSR count). The monoisotopic (exact) mass is 371 g/mol. The molecule has 2 aromatic carbocycles. The van der Waals surface area contributed by atoms with Gasteiger partial charge >= 0.3 is 7.12 Å². The van der Waals surface area contributed by atoms with Crippen LogP contribution >= 0.6 is 0 Å². The molecule has 1 aliphatic heterocycles. The molecule has 2 N–H and O–H groups in total. The fraction of sp³-hybridized carbons (Fsp3) is 0.278. The highest BCUT2D eigenvalue weighted by Gasteiger charge is 2.37. The highest BCUT2D eigenvalue weighted by Crippen LogP contribution is 2.30. The molecule has 1 fully saturated rings. The number of para-hydroxylation sites is 1. The molecule has 8 heteroatoms. The van der Waals surface area contributed by atoms with Gasteiger partial charge in [-0.25, -0.2) is 4.21 Å². The Morgan fingerprint density at radius 2 is 2.00 bits per heavy atom. The molecule has 0 bridgehead atoms. The van der Waals surface area contributed by atoms with Crippen molar-refractivity contribution in [1.82, 2.24) is 4.72 Å². The van der Waals surface area contributed by atoms with Crippen LogP contribution in [-0.4, -0.2) is 28.0 Å². The zero-order chi connectivity index (χ0) is 18.1. The maximum absolute atomic E-state index is 12.2. The minimum Gasteiger partial charge on any atom is -0.457 e. The summed E-state index contributed by atoms with van der Waals surface area (Å²) in [6, 6.07) is 14.6. The Morgan fingerprint density at radius 1 is 1.23 bits per heavy atom. The first kappa shape index (κ1) is 17.3. The van der Waals surface area contributed by atoms with Gasteiger partial charge in [0.2, 0.25) is 5.91 Å². The third-order valence-electron chi connectivity index (χ3n) is 4.41. The van der Waals surface area contributed by atoms with Gasteiger partial charge in [-0.2, -0.15) is 0 Å². The first-order chi connectivity index (χ1) is 12.6. The first-order valence-corrected chi connectivity index (χ1v) is 9.81. The highest BCUT2D eigenvalue weighted by molar-refractivity contribution is 7.83. The van der Waals surface area contributed by atoms with Crippen LogP contribution in [-0.2, 0) is 20.4 Å². The van der Waals surface area contributed by atoms with Crippen LogP contribution in [0.25, 0.3) is 0 Å². The third kappa shape index (κ3) is 3.82. The van der Waals surface area contributed by atoms with E-state index in [4.69, 9.17) is 9.39 Å². The van der Waals surface area contributed by atoms with Crippen LogP contribution in [0.5, 0.6) is 11.5 Å². The molecule has 2 atom stereocenters. The van der Waals surface area contributed by atoms with E-state index in [1.165, 1.54) is 0 Å². The Bertz CT molecular complexity index is 843. The van der Waals surface area contributed by atoms with Gasteiger partial charge in [0.05, 0.1) is 11.9 Å². The van der Waals surface area contributed by atoms with Gasteiger partial charge in [-0.05, 0) is 48.1 Å². The Kier molecular flexibility index (Phi) is 4.80. The van der Waals surface area contributed by atoms with Crippen LogP contribution in [0.2, 0.25) is 0 Å². The molecular formula is C18H18BNO5S. The molecule has 1 aliphatic carbocycles. The van der Waals surface area contributed by atoms with E-state index in [0.29, 0.717) is 17.0 Å². The quantitative estimate of drug-likeness (QED) is 0.751. The molecule has 0 aromatic heterocycles. The van der Waals surface area contributed by atoms with E-state index < -0.39 is 24.2 Å². The van der Waals surface area contributed by atoms with E-state index in [0.717, 1.165) is 18.4 Å². The van der Waals surface area contributed by atoms with E-state index in [1.54, 1.807) is 18.2 Å². The number of hydrogen-bond donors (Lipinski definition) is 2. The predicted molar refractivity (Wildman–Crippen MR) is 98.3 cm³/mol. The molecule has 134 valence electrons. The second-order valence-corrected chi connectivity index (χ2v) is 7.66. The number of ether oxygens (including phenoxy) is 1. The van der Waals surface area contributed by atoms with Gasteiger partial charge in [-0.1, -0.05) is 24.3 Å². The average Bonchev–Trinajstić information content (AvgIpc) is 3.43. The Hall–Kier alpha value is -2.16. The number of carbonyl (C=O) groups excluding carboxylic acids is 1. The largest absolute Gasteiger partial charge is 0.492 e. The molecule has 1 amide bonds. The Labute approximate surface area is 154 Å². The van der Waals surface area contributed by atoms with Crippen molar-refractivity contribution < 1.29 is 23.4 Å². The summed E-state index contributed by atoms with van der Waals surface area (Å²) in [6.07, 6.45) is 1.18. The fourth-order valence-electron chi connectivity index (χ4n) is 2.90. The van der Waals surface area contributed by atoms with Gasteiger partial charge in [0.1, 0.15) is 22.5 Å². The summed E-state index contributed by atoms with van der Waals surface area (Å²) < 4.78 is 26.0. The van der Waals surface area contributed by atoms with E-state index in [9.17, 15) is 14.0 Å². The van der Waals surface area contributed by atoms with Crippen molar-refractivity contribution in [2.45, 2.75) is 18.9 Å². The number of nitrogens with one attached hydrogen (secondary N) is 1. The van der Waals surface area contributed by atoms with Crippen LogP contribution in [0.1, 0.15) is 24.5 Å². The molecular weight excluding hydrogens is 353 g/mol. The normalized spacial score (nSPS) is 19.7. The molecule has 0 radical (unpaired) electrons.